The summed E-state index contributed by atoms with van der Waals surface area (Å²) in [7, 11) is 0. The molecule has 1 saturated carbocycles. The summed E-state index contributed by atoms with van der Waals surface area (Å²) in [5.41, 5.74) is -0.116. The Kier molecular flexibility index (Phi) is 6.39. The van der Waals surface area contributed by atoms with Crippen molar-refractivity contribution in [3.8, 4) is 0 Å². The molecule has 0 bridgehead atoms. The third-order valence-corrected chi connectivity index (χ3v) is 5.70. The highest BCUT2D eigenvalue weighted by atomic mass is 16.4. The molecule has 1 N–H and O–H groups in total. The summed E-state index contributed by atoms with van der Waals surface area (Å²) in [5.74, 6) is -0.760. The van der Waals surface area contributed by atoms with Crippen LogP contribution in [0.4, 0.5) is 0 Å². The summed E-state index contributed by atoms with van der Waals surface area (Å²) in [6, 6.07) is 10.3. The van der Waals surface area contributed by atoms with E-state index in [-0.39, 0.29) is 11.7 Å². The molecule has 1 aromatic rings. The fraction of sp³-hybridized carbons (Fsp3) is 0.619. The van der Waals surface area contributed by atoms with E-state index in [1.165, 1.54) is 0 Å². The normalized spacial score (nSPS) is 24.3. The van der Waals surface area contributed by atoms with Crippen LogP contribution in [0.3, 0.4) is 0 Å². The van der Waals surface area contributed by atoms with E-state index in [2.05, 4.69) is 32.6 Å². The minimum atomic E-state index is -0.950. The van der Waals surface area contributed by atoms with Crippen molar-refractivity contribution in [1.82, 2.24) is 4.90 Å². The topological polar surface area (TPSA) is 57.6 Å². The van der Waals surface area contributed by atoms with E-state index in [1.54, 1.807) is 0 Å². The van der Waals surface area contributed by atoms with Gasteiger partial charge in [-0.05, 0) is 58.6 Å². The first-order valence-electron chi connectivity index (χ1n) is 9.35. The van der Waals surface area contributed by atoms with Gasteiger partial charge in [0.2, 0.25) is 0 Å². The zero-order valence-corrected chi connectivity index (χ0v) is 15.9. The van der Waals surface area contributed by atoms with Crippen molar-refractivity contribution in [3.63, 3.8) is 0 Å². The molecule has 0 aromatic heterocycles. The lowest BCUT2D eigenvalue weighted by molar-refractivity contribution is -0.149. The van der Waals surface area contributed by atoms with Crippen LogP contribution >= 0.6 is 0 Å². The number of Topliss-reactive ketones (excluding diaryl/α,β-unsaturated/α-hetero) is 1. The average molecular weight is 345 g/mol. The number of hydrogen-bond acceptors (Lipinski definition) is 3. The van der Waals surface area contributed by atoms with Crippen molar-refractivity contribution in [1.29, 1.82) is 0 Å². The van der Waals surface area contributed by atoms with Gasteiger partial charge in [0, 0.05) is 24.9 Å². The monoisotopic (exact) mass is 345 g/mol. The SMILES string of the molecule is CC(C)N(CCC1CC(=O)CCC1(C(=O)O)c1ccccc1)C(C)C. The lowest BCUT2D eigenvalue weighted by atomic mass is 9.61. The molecule has 0 aliphatic heterocycles. The number of carboxylic acid groups (broad SMARTS) is 1. The van der Waals surface area contributed by atoms with Crippen LogP contribution in [0.25, 0.3) is 0 Å². The molecule has 1 aromatic carbocycles. The maximum Gasteiger partial charge on any atom is 0.314 e. The van der Waals surface area contributed by atoms with Gasteiger partial charge >= 0.3 is 5.97 Å². The van der Waals surface area contributed by atoms with E-state index in [1.807, 2.05) is 30.3 Å². The first kappa shape index (κ1) is 19.6. The number of hydrogen-bond donors (Lipinski definition) is 1. The van der Waals surface area contributed by atoms with Crippen LogP contribution in [-0.4, -0.2) is 40.4 Å². The van der Waals surface area contributed by atoms with Crippen molar-refractivity contribution in [2.75, 3.05) is 6.54 Å². The third kappa shape index (κ3) is 4.12. The first-order valence-corrected chi connectivity index (χ1v) is 9.35. The smallest absolute Gasteiger partial charge is 0.314 e. The predicted molar refractivity (Wildman–Crippen MR) is 99.7 cm³/mol. The Morgan fingerprint density at radius 3 is 2.32 bits per heavy atom. The minimum absolute atomic E-state index is 0.159. The van der Waals surface area contributed by atoms with Crippen LogP contribution in [0.15, 0.2) is 30.3 Å². The molecule has 2 unspecified atom stereocenters. The zero-order chi connectivity index (χ0) is 18.6. The second kappa shape index (κ2) is 8.13. The van der Waals surface area contributed by atoms with Gasteiger partial charge in [0.15, 0.2) is 0 Å². The number of carbonyl (C=O) groups excluding carboxylic acids is 1. The van der Waals surface area contributed by atoms with Crippen LogP contribution in [0, 0.1) is 5.92 Å². The lowest BCUT2D eigenvalue weighted by Gasteiger charge is -2.42. The van der Waals surface area contributed by atoms with E-state index >= 15 is 0 Å². The van der Waals surface area contributed by atoms with Crippen molar-refractivity contribution in [2.45, 2.75) is 70.9 Å². The Morgan fingerprint density at radius 1 is 1.20 bits per heavy atom. The van der Waals surface area contributed by atoms with Crippen molar-refractivity contribution >= 4 is 11.8 Å². The second-order valence-electron chi connectivity index (χ2n) is 7.80. The molecule has 2 rings (SSSR count). The molecule has 1 aliphatic carbocycles. The summed E-state index contributed by atoms with van der Waals surface area (Å²) in [6.45, 7) is 9.46. The molecule has 0 heterocycles. The Hall–Kier alpha value is -1.68. The van der Waals surface area contributed by atoms with E-state index in [9.17, 15) is 14.7 Å². The summed E-state index contributed by atoms with van der Waals surface area (Å²) in [6.07, 6.45) is 1.85. The lowest BCUT2D eigenvalue weighted by Crippen LogP contribution is -2.49. The minimum Gasteiger partial charge on any atom is -0.481 e. The Balaban J connectivity index is 2.33. The van der Waals surface area contributed by atoms with Crippen molar-refractivity contribution in [2.24, 2.45) is 5.92 Å². The highest BCUT2D eigenvalue weighted by molar-refractivity contribution is 5.88. The molecular formula is C21H31NO3. The highest BCUT2D eigenvalue weighted by Gasteiger charge is 2.50. The molecule has 0 radical (unpaired) electrons. The summed E-state index contributed by atoms with van der Waals surface area (Å²) >= 11 is 0. The van der Waals surface area contributed by atoms with Gasteiger partial charge < -0.3 is 5.11 Å². The molecule has 25 heavy (non-hydrogen) atoms. The van der Waals surface area contributed by atoms with Crippen molar-refractivity contribution < 1.29 is 14.7 Å². The van der Waals surface area contributed by atoms with Gasteiger partial charge in [0.05, 0.1) is 5.41 Å². The van der Waals surface area contributed by atoms with E-state index < -0.39 is 11.4 Å². The molecule has 0 spiro atoms. The van der Waals surface area contributed by atoms with Gasteiger partial charge in [-0.25, -0.2) is 0 Å². The van der Waals surface area contributed by atoms with E-state index in [0.29, 0.717) is 31.3 Å². The van der Waals surface area contributed by atoms with Crippen LogP contribution in [0.5, 0.6) is 0 Å². The fourth-order valence-electron chi connectivity index (χ4n) is 4.38. The molecule has 0 saturated heterocycles. The highest BCUT2D eigenvalue weighted by Crippen LogP contribution is 2.45. The second-order valence-corrected chi connectivity index (χ2v) is 7.80. The van der Waals surface area contributed by atoms with Gasteiger partial charge in [-0.15, -0.1) is 0 Å². The molecule has 1 aliphatic rings. The van der Waals surface area contributed by atoms with Gasteiger partial charge in [-0.1, -0.05) is 30.3 Å². The number of rotatable bonds is 7. The number of ketones is 1. The Bertz CT molecular complexity index is 588. The van der Waals surface area contributed by atoms with Crippen LogP contribution in [0.1, 0.15) is 58.9 Å². The largest absolute Gasteiger partial charge is 0.481 e. The molecule has 4 nitrogen and oxygen atoms in total. The maximum absolute atomic E-state index is 12.4. The average Bonchev–Trinajstić information content (AvgIpc) is 2.55. The van der Waals surface area contributed by atoms with Gasteiger partial charge in [0.25, 0.3) is 0 Å². The Labute approximate surface area is 151 Å². The standard InChI is InChI=1S/C21H31NO3/c1-15(2)22(16(3)4)13-11-18-14-19(23)10-12-21(18,20(24)25)17-8-6-5-7-9-17/h5-9,15-16,18H,10-14H2,1-4H3,(H,24,25). The third-order valence-electron chi connectivity index (χ3n) is 5.70. The molecule has 1 fully saturated rings. The van der Waals surface area contributed by atoms with Crippen molar-refractivity contribution in [3.05, 3.63) is 35.9 Å². The quantitative estimate of drug-likeness (QED) is 0.814. The van der Waals surface area contributed by atoms with Crippen LogP contribution < -0.4 is 0 Å². The Morgan fingerprint density at radius 2 is 1.80 bits per heavy atom. The number of benzene rings is 1. The molecule has 4 heteroatoms. The molecule has 138 valence electrons. The zero-order valence-electron chi connectivity index (χ0n) is 15.9. The summed E-state index contributed by atoms with van der Waals surface area (Å²) < 4.78 is 0. The fourth-order valence-corrected chi connectivity index (χ4v) is 4.38. The number of carbonyl (C=O) groups is 2. The van der Waals surface area contributed by atoms with Gasteiger partial charge in [0.1, 0.15) is 5.78 Å². The predicted octanol–water partition coefficient (Wildman–Crippen LogP) is 3.89. The summed E-state index contributed by atoms with van der Waals surface area (Å²) in [4.78, 5) is 26.9. The van der Waals surface area contributed by atoms with Crippen LogP contribution in [0.2, 0.25) is 0 Å². The maximum atomic E-state index is 12.4. The first-order chi connectivity index (χ1) is 11.8. The van der Waals surface area contributed by atoms with Crippen LogP contribution in [-0.2, 0) is 15.0 Å². The molecular weight excluding hydrogens is 314 g/mol. The van der Waals surface area contributed by atoms with Gasteiger partial charge in [-0.3, -0.25) is 14.5 Å². The number of aliphatic carboxylic acids is 1. The number of carboxylic acids is 1. The van der Waals surface area contributed by atoms with E-state index in [4.69, 9.17) is 0 Å². The molecule has 0 amide bonds. The van der Waals surface area contributed by atoms with E-state index in [0.717, 1.165) is 18.5 Å². The van der Waals surface area contributed by atoms with Gasteiger partial charge in [-0.2, -0.15) is 0 Å². The number of nitrogens with zero attached hydrogens (tertiary/aromatic N) is 1. The summed E-state index contributed by atoms with van der Waals surface area (Å²) in [5, 5.41) is 10.2. The molecule has 2 atom stereocenters.